The van der Waals surface area contributed by atoms with Gasteiger partial charge in [-0.2, -0.15) is 4.98 Å². The van der Waals surface area contributed by atoms with Gasteiger partial charge < -0.3 is 20.1 Å². The van der Waals surface area contributed by atoms with E-state index in [1.165, 1.54) is 18.8 Å². The molecule has 12 heteroatoms. The topological polar surface area (TPSA) is 120 Å². The van der Waals surface area contributed by atoms with Gasteiger partial charge in [-0.15, -0.1) is 0 Å². The Labute approximate surface area is 221 Å². The summed E-state index contributed by atoms with van der Waals surface area (Å²) in [6.45, 7) is 5.25. The van der Waals surface area contributed by atoms with Crippen LogP contribution in [-0.4, -0.2) is 39.6 Å². The number of rotatable bonds is 7. The predicted octanol–water partition coefficient (Wildman–Crippen LogP) is 4.89. The maximum atomic E-state index is 13.4. The molecule has 0 saturated carbocycles. The van der Waals surface area contributed by atoms with E-state index in [-0.39, 0.29) is 32.9 Å². The van der Waals surface area contributed by atoms with E-state index in [4.69, 9.17) is 32.7 Å². The largest absolute Gasteiger partial charge is 0.495 e. The number of nitrogens with zero attached hydrogens (tertiary/aromatic N) is 4. The highest BCUT2D eigenvalue weighted by molar-refractivity contribution is 6.41. The molecule has 2 N–H and O–H groups in total. The molecule has 0 atom stereocenters. The zero-order valence-corrected chi connectivity index (χ0v) is 21.9. The molecule has 0 fully saturated rings. The Morgan fingerprint density at radius 3 is 2.41 bits per heavy atom. The van der Waals surface area contributed by atoms with Crippen molar-refractivity contribution in [1.29, 1.82) is 0 Å². The highest BCUT2D eigenvalue weighted by Gasteiger charge is 2.22. The molecule has 190 valence electrons. The lowest BCUT2D eigenvalue weighted by molar-refractivity contribution is -0.111. The van der Waals surface area contributed by atoms with Crippen LogP contribution in [0, 0.1) is 6.92 Å². The van der Waals surface area contributed by atoms with Crippen LogP contribution in [-0.2, 0) is 11.8 Å². The molecule has 0 aliphatic rings. The number of aromatic nitrogens is 4. The van der Waals surface area contributed by atoms with Crippen molar-refractivity contribution < 1.29 is 14.3 Å². The fourth-order valence-corrected chi connectivity index (χ4v) is 4.35. The summed E-state index contributed by atoms with van der Waals surface area (Å²) in [7, 11) is 4.49. The Morgan fingerprint density at radius 2 is 1.78 bits per heavy atom. The van der Waals surface area contributed by atoms with E-state index in [0.29, 0.717) is 33.9 Å². The van der Waals surface area contributed by atoms with Crippen LogP contribution >= 0.6 is 23.2 Å². The summed E-state index contributed by atoms with van der Waals surface area (Å²) in [5.74, 6) is 0.675. The van der Waals surface area contributed by atoms with Crippen molar-refractivity contribution >= 4 is 57.6 Å². The van der Waals surface area contributed by atoms with Crippen LogP contribution in [0.1, 0.15) is 5.69 Å². The number of methoxy groups -OCH3 is 2. The predicted molar refractivity (Wildman–Crippen MR) is 144 cm³/mol. The molecule has 0 aliphatic carbocycles. The number of pyridine rings is 2. The number of hydrogen-bond acceptors (Lipinski definition) is 8. The van der Waals surface area contributed by atoms with Gasteiger partial charge in [-0.3, -0.25) is 14.2 Å². The van der Waals surface area contributed by atoms with Crippen molar-refractivity contribution in [1.82, 2.24) is 19.5 Å². The van der Waals surface area contributed by atoms with Crippen molar-refractivity contribution in [2.45, 2.75) is 6.92 Å². The molecule has 1 aromatic carbocycles. The number of hydrogen-bond donors (Lipinski definition) is 2. The summed E-state index contributed by atoms with van der Waals surface area (Å²) >= 11 is 13.1. The van der Waals surface area contributed by atoms with E-state index in [0.717, 1.165) is 6.08 Å². The molecular formula is C25H22Cl2N6O4. The number of carbonyl (C=O) groups excluding carboxylic acids is 1. The third kappa shape index (κ3) is 4.93. The Balaban J connectivity index is 1.82. The van der Waals surface area contributed by atoms with E-state index in [9.17, 15) is 9.59 Å². The Hall–Kier alpha value is -4.15. The number of anilines is 3. The standard InChI is InChI=1S/C25H22Cl2N6O4/c1-6-18(34)31-22-15(8-7-12(2)29-22)30-25-28-11-13-9-14(24(35)33(3)23(13)32-25)19-20(26)16(36-4)10-17(37-5)21(19)27/h6-11H,1H2,2-5H3,(H,28,30,32)(H,29,31,34). The SMILES string of the molecule is C=CC(=O)Nc1nc(C)ccc1Nc1ncc2cc(-c3c(Cl)c(OC)cc(OC)c3Cl)c(=O)n(C)c2n1. The lowest BCUT2D eigenvalue weighted by Crippen LogP contribution is -2.20. The molecule has 4 rings (SSSR count). The van der Waals surface area contributed by atoms with Crippen molar-refractivity contribution in [3.05, 3.63) is 69.2 Å². The van der Waals surface area contributed by atoms with Crippen LogP contribution in [0.5, 0.6) is 11.5 Å². The minimum atomic E-state index is -0.415. The smallest absolute Gasteiger partial charge is 0.259 e. The van der Waals surface area contributed by atoms with Crippen LogP contribution in [0.4, 0.5) is 17.5 Å². The highest BCUT2D eigenvalue weighted by atomic mass is 35.5. The second-order valence-corrected chi connectivity index (χ2v) is 8.60. The Morgan fingerprint density at radius 1 is 1.11 bits per heavy atom. The number of carbonyl (C=O) groups is 1. The highest BCUT2D eigenvalue weighted by Crippen LogP contribution is 2.45. The molecule has 0 aliphatic heterocycles. The molecule has 3 heterocycles. The number of ether oxygens (including phenoxy) is 2. The lowest BCUT2D eigenvalue weighted by atomic mass is 10.0. The van der Waals surface area contributed by atoms with Gasteiger partial charge in [0.05, 0.1) is 35.5 Å². The first-order valence-electron chi connectivity index (χ1n) is 10.8. The normalized spacial score (nSPS) is 10.8. The zero-order chi connectivity index (χ0) is 26.9. The van der Waals surface area contributed by atoms with Crippen LogP contribution in [0.15, 0.2) is 47.9 Å². The minimum absolute atomic E-state index is 0.171. The van der Waals surface area contributed by atoms with Gasteiger partial charge in [-0.05, 0) is 31.2 Å². The molecule has 10 nitrogen and oxygen atoms in total. The summed E-state index contributed by atoms with van der Waals surface area (Å²) in [6, 6.07) is 6.66. The number of amides is 1. The summed E-state index contributed by atoms with van der Waals surface area (Å²) in [6.07, 6.45) is 2.69. The zero-order valence-electron chi connectivity index (χ0n) is 20.3. The van der Waals surface area contributed by atoms with Gasteiger partial charge in [-0.25, -0.2) is 9.97 Å². The maximum Gasteiger partial charge on any atom is 0.259 e. The molecule has 0 unspecified atom stereocenters. The van der Waals surface area contributed by atoms with Gasteiger partial charge in [0.2, 0.25) is 11.9 Å². The number of nitrogens with one attached hydrogen (secondary N) is 2. The second-order valence-electron chi connectivity index (χ2n) is 7.85. The third-order valence-electron chi connectivity index (χ3n) is 5.50. The first-order chi connectivity index (χ1) is 17.7. The maximum absolute atomic E-state index is 13.4. The molecule has 0 saturated heterocycles. The van der Waals surface area contributed by atoms with Crippen molar-refractivity contribution in [3.8, 4) is 22.6 Å². The average Bonchev–Trinajstić information content (AvgIpc) is 2.89. The third-order valence-corrected chi connectivity index (χ3v) is 6.25. The van der Waals surface area contributed by atoms with Gasteiger partial charge in [0.25, 0.3) is 5.56 Å². The Kier molecular flexibility index (Phi) is 7.33. The van der Waals surface area contributed by atoms with Gasteiger partial charge in [-0.1, -0.05) is 29.8 Å². The van der Waals surface area contributed by atoms with Crippen LogP contribution < -0.4 is 25.7 Å². The number of fused-ring (bicyclic) bond motifs is 1. The van der Waals surface area contributed by atoms with E-state index in [1.807, 2.05) is 0 Å². The number of aryl methyl sites for hydroxylation is 2. The van der Waals surface area contributed by atoms with Crippen LogP contribution in [0.2, 0.25) is 10.0 Å². The van der Waals surface area contributed by atoms with E-state index < -0.39 is 11.5 Å². The monoisotopic (exact) mass is 540 g/mol. The first kappa shape index (κ1) is 25.9. The lowest BCUT2D eigenvalue weighted by Gasteiger charge is -2.16. The summed E-state index contributed by atoms with van der Waals surface area (Å²) < 4.78 is 12.0. The molecule has 37 heavy (non-hydrogen) atoms. The van der Waals surface area contributed by atoms with Gasteiger partial charge in [0, 0.05) is 36.0 Å². The first-order valence-corrected chi connectivity index (χ1v) is 11.6. The second kappa shape index (κ2) is 10.5. The van der Waals surface area contributed by atoms with Gasteiger partial charge >= 0.3 is 0 Å². The average molecular weight is 541 g/mol. The fraction of sp³-hybridized carbons (Fsp3) is 0.160. The molecule has 0 spiro atoms. The number of benzene rings is 1. The molecule has 1 amide bonds. The molecule has 0 radical (unpaired) electrons. The minimum Gasteiger partial charge on any atom is -0.495 e. The molecule has 3 aromatic heterocycles. The van der Waals surface area contributed by atoms with Gasteiger partial charge in [0.15, 0.2) is 5.82 Å². The van der Waals surface area contributed by atoms with E-state index in [1.54, 1.807) is 44.4 Å². The number of halogens is 2. The Bertz CT molecular complexity index is 1590. The van der Waals surface area contributed by atoms with Crippen molar-refractivity contribution in [2.24, 2.45) is 7.05 Å². The summed E-state index contributed by atoms with van der Waals surface area (Å²) in [5, 5.41) is 6.58. The summed E-state index contributed by atoms with van der Waals surface area (Å²) in [4.78, 5) is 38.5. The summed E-state index contributed by atoms with van der Waals surface area (Å²) in [5.41, 5.74) is 1.62. The van der Waals surface area contributed by atoms with Crippen molar-refractivity contribution in [2.75, 3.05) is 24.9 Å². The molecule has 4 aromatic rings. The van der Waals surface area contributed by atoms with Crippen molar-refractivity contribution in [3.63, 3.8) is 0 Å². The van der Waals surface area contributed by atoms with Crippen LogP contribution in [0.25, 0.3) is 22.2 Å². The van der Waals surface area contributed by atoms with E-state index in [2.05, 4.69) is 32.2 Å². The quantitative estimate of drug-likeness (QED) is 0.318. The molecule has 0 bridgehead atoms. The fourth-order valence-electron chi connectivity index (χ4n) is 3.65. The van der Waals surface area contributed by atoms with E-state index >= 15 is 0 Å². The van der Waals surface area contributed by atoms with Gasteiger partial charge in [0.1, 0.15) is 17.1 Å². The van der Waals surface area contributed by atoms with Crippen LogP contribution in [0.3, 0.4) is 0 Å². The molecular weight excluding hydrogens is 519 g/mol.